The molecule has 2 N–H and O–H groups in total. The van der Waals surface area contributed by atoms with Crippen LogP contribution in [0.3, 0.4) is 0 Å². The minimum Gasteiger partial charge on any atom is -0.337 e. The fourth-order valence-electron chi connectivity index (χ4n) is 3.91. The van der Waals surface area contributed by atoms with Crippen LogP contribution in [0.15, 0.2) is 15.7 Å². The summed E-state index contributed by atoms with van der Waals surface area (Å²) >= 11 is 0. The van der Waals surface area contributed by atoms with E-state index in [9.17, 15) is 14.4 Å². The largest absolute Gasteiger partial charge is 0.337 e. The fourth-order valence-corrected chi connectivity index (χ4v) is 3.91. The van der Waals surface area contributed by atoms with Gasteiger partial charge in [0.2, 0.25) is 0 Å². The molecule has 1 atom stereocenters. The van der Waals surface area contributed by atoms with Gasteiger partial charge in [-0.15, -0.1) is 0 Å². The van der Waals surface area contributed by atoms with Crippen molar-refractivity contribution in [3.63, 3.8) is 0 Å². The Balaban J connectivity index is 1.93. The number of hydrogen-bond donors (Lipinski definition) is 2. The highest BCUT2D eigenvalue weighted by atomic mass is 16.2. The molecule has 8 nitrogen and oxygen atoms in total. The van der Waals surface area contributed by atoms with Gasteiger partial charge in [0.25, 0.3) is 11.5 Å². The second kappa shape index (κ2) is 7.16. The van der Waals surface area contributed by atoms with Crippen molar-refractivity contribution in [1.29, 1.82) is 0 Å². The normalized spacial score (nSPS) is 19.5. The SMILES string of the molecule is CC(C)Cn1c(=O)[nH]c(=O)c2c(C(=O)N(C)C3CCNC3)cc(C3CC3)nc21. The number of hydrogen-bond acceptors (Lipinski definition) is 5. The van der Waals surface area contributed by atoms with E-state index in [1.54, 1.807) is 18.0 Å². The van der Waals surface area contributed by atoms with E-state index in [0.29, 0.717) is 23.7 Å². The standard InChI is InChI=1S/C20H27N5O3/c1-11(2)10-25-17-16(18(26)23-20(25)28)14(8-15(22-17)12-4-5-12)19(27)24(3)13-6-7-21-9-13/h8,11-13,21H,4-7,9-10H2,1-3H3,(H,23,26,28). The number of rotatable bonds is 5. The van der Waals surface area contributed by atoms with Crippen LogP contribution in [0.1, 0.15) is 55.1 Å². The third-order valence-electron chi connectivity index (χ3n) is 5.64. The van der Waals surface area contributed by atoms with Gasteiger partial charge in [-0.1, -0.05) is 13.8 Å². The average Bonchev–Trinajstić information content (AvgIpc) is 3.37. The van der Waals surface area contributed by atoms with Crippen LogP contribution in [0.2, 0.25) is 0 Å². The average molecular weight is 385 g/mol. The van der Waals surface area contributed by atoms with E-state index < -0.39 is 11.2 Å². The molecule has 2 fully saturated rings. The van der Waals surface area contributed by atoms with Gasteiger partial charge in [0.1, 0.15) is 0 Å². The first-order valence-electron chi connectivity index (χ1n) is 10.0. The van der Waals surface area contributed by atoms with Gasteiger partial charge in [0.05, 0.1) is 10.9 Å². The van der Waals surface area contributed by atoms with Crippen molar-refractivity contribution in [2.24, 2.45) is 5.92 Å². The van der Waals surface area contributed by atoms with E-state index in [1.807, 2.05) is 13.8 Å². The van der Waals surface area contributed by atoms with Crippen molar-refractivity contribution in [1.82, 2.24) is 24.8 Å². The minimum absolute atomic E-state index is 0.0979. The van der Waals surface area contributed by atoms with Gasteiger partial charge in [0, 0.05) is 37.8 Å². The number of fused-ring (bicyclic) bond motifs is 1. The minimum atomic E-state index is -0.545. The Morgan fingerprint density at radius 2 is 2.07 bits per heavy atom. The number of H-pyrrole nitrogens is 1. The number of carbonyl (C=O) groups excluding carboxylic acids is 1. The van der Waals surface area contributed by atoms with Crippen molar-refractivity contribution in [3.05, 3.63) is 38.2 Å². The summed E-state index contributed by atoms with van der Waals surface area (Å²) in [4.78, 5) is 47.3. The Hall–Kier alpha value is -2.48. The van der Waals surface area contributed by atoms with Crippen molar-refractivity contribution < 1.29 is 4.79 Å². The Morgan fingerprint density at radius 3 is 2.68 bits per heavy atom. The number of likely N-dealkylation sites (N-methyl/N-ethyl adjacent to an activating group) is 1. The number of aromatic amines is 1. The van der Waals surface area contributed by atoms with Gasteiger partial charge in [0.15, 0.2) is 5.65 Å². The van der Waals surface area contributed by atoms with Crippen molar-refractivity contribution >= 4 is 16.9 Å². The second-order valence-electron chi connectivity index (χ2n) is 8.39. The van der Waals surface area contributed by atoms with Crippen LogP contribution < -0.4 is 16.6 Å². The van der Waals surface area contributed by atoms with Gasteiger partial charge in [-0.05, 0) is 37.8 Å². The number of aromatic nitrogens is 3. The van der Waals surface area contributed by atoms with E-state index in [4.69, 9.17) is 0 Å². The van der Waals surface area contributed by atoms with E-state index in [0.717, 1.165) is 38.0 Å². The second-order valence-corrected chi connectivity index (χ2v) is 8.39. The summed E-state index contributed by atoms with van der Waals surface area (Å²) in [6, 6.07) is 1.86. The highest BCUT2D eigenvalue weighted by Crippen LogP contribution is 2.40. The molecule has 1 saturated carbocycles. The summed E-state index contributed by atoms with van der Waals surface area (Å²) in [5.41, 5.74) is 0.457. The lowest BCUT2D eigenvalue weighted by molar-refractivity contribution is 0.0745. The molecular weight excluding hydrogens is 358 g/mol. The van der Waals surface area contributed by atoms with Crippen LogP contribution in [-0.4, -0.2) is 51.5 Å². The van der Waals surface area contributed by atoms with E-state index >= 15 is 0 Å². The topological polar surface area (TPSA) is 100 Å². The first kappa shape index (κ1) is 18.9. The molecule has 0 radical (unpaired) electrons. The molecule has 1 aliphatic carbocycles. The van der Waals surface area contributed by atoms with Crippen molar-refractivity contribution in [3.8, 4) is 0 Å². The summed E-state index contributed by atoms with van der Waals surface area (Å²) in [5, 5.41) is 3.48. The summed E-state index contributed by atoms with van der Waals surface area (Å²) < 4.78 is 1.50. The van der Waals surface area contributed by atoms with Gasteiger partial charge in [-0.2, -0.15) is 0 Å². The molecule has 8 heteroatoms. The number of carbonyl (C=O) groups is 1. The number of nitrogens with one attached hydrogen (secondary N) is 2. The molecular formula is C20H27N5O3. The summed E-state index contributed by atoms with van der Waals surface area (Å²) in [6.45, 7) is 6.06. The zero-order valence-corrected chi connectivity index (χ0v) is 16.6. The molecule has 4 rings (SSSR count). The highest BCUT2D eigenvalue weighted by Gasteiger charge is 2.31. The van der Waals surface area contributed by atoms with Crippen LogP contribution in [-0.2, 0) is 6.54 Å². The van der Waals surface area contributed by atoms with Crippen LogP contribution in [0, 0.1) is 5.92 Å². The van der Waals surface area contributed by atoms with Crippen molar-refractivity contribution in [2.45, 2.75) is 51.6 Å². The smallest absolute Gasteiger partial charge is 0.330 e. The zero-order valence-electron chi connectivity index (χ0n) is 16.6. The quantitative estimate of drug-likeness (QED) is 0.801. The molecule has 150 valence electrons. The molecule has 2 aliphatic rings. The Kier molecular flexibility index (Phi) is 4.82. The Labute approximate surface area is 163 Å². The van der Waals surface area contributed by atoms with Crippen LogP contribution >= 0.6 is 0 Å². The van der Waals surface area contributed by atoms with Gasteiger partial charge in [-0.25, -0.2) is 9.78 Å². The van der Waals surface area contributed by atoms with E-state index in [2.05, 4.69) is 15.3 Å². The molecule has 1 unspecified atom stereocenters. The van der Waals surface area contributed by atoms with E-state index in [-0.39, 0.29) is 23.3 Å². The molecule has 3 heterocycles. The predicted octanol–water partition coefficient (Wildman–Crippen LogP) is 1.05. The number of amides is 1. The molecule has 0 bridgehead atoms. The van der Waals surface area contributed by atoms with Crippen LogP contribution in [0.4, 0.5) is 0 Å². The number of pyridine rings is 1. The molecule has 1 saturated heterocycles. The Morgan fingerprint density at radius 1 is 1.32 bits per heavy atom. The molecule has 28 heavy (non-hydrogen) atoms. The third kappa shape index (κ3) is 3.37. The van der Waals surface area contributed by atoms with Gasteiger partial charge in [-0.3, -0.25) is 19.1 Å². The lowest BCUT2D eigenvalue weighted by Gasteiger charge is -2.24. The maximum absolute atomic E-state index is 13.3. The van der Waals surface area contributed by atoms with Crippen LogP contribution in [0.5, 0.6) is 0 Å². The summed E-state index contributed by atoms with van der Waals surface area (Å²) in [6.07, 6.45) is 2.92. The summed E-state index contributed by atoms with van der Waals surface area (Å²) in [7, 11) is 1.78. The maximum atomic E-state index is 13.3. The maximum Gasteiger partial charge on any atom is 0.330 e. The molecule has 1 aliphatic heterocycles. The van der Waals surface area contributed by atoms with E-state index in [1.165, 1.54) is 4.57 Å². The zero-order chi connectivity index (χ0) is 20.0. The molecule has 0 spiro atoms. The first-order valence-corrected chi connectivity index (χ1v) is 10.0. The molecule has 0 aromatic carbocycles. The summed E-state index contributed by atoms with van der Waals surface area (Å²) in [5.74, 6) is 0.309. The van der Waals surface area contributed by atoms with Gasteiger partial charge >= 0.3 is 5.69 Å². The molecule has 2 aromatic heterocycles. The van der Waals surface area contributed by atoms with Crippen LogP contribution in [0.25, 0.3) is 11.0 Å². The van der Waals surface area contributed by atoms with Crippen molar-refractivity contribution in [2.75, 3.05) is 20.1 Å². The lowest BCUT2D eigenvalue weighted by atomic mass is 10.1. The Bertz CT molecular complexity index is 1030. The first-order chi connectivity index (χ1) is 13.4. The number of nitrogens with zero attached hydrogens (tertiary/aromatic N) is 3. The monoisotopic (exact) mass is 385 g/mol. The lowest BCUT2D eigenvalue weighted by Crippen LogP contribution is -2.40. The predicted molar refractivity (Wildman–Crippen MR) is 107 cm³/mol. The molecule has 1 amide bonds. The van der Waals surface area contributed by atoms with Gasteiger partial charge < -0.3 is 10.2 Å². The third-order valence-corrected chi connectivity index (χ3v) is 5.64. The highest BCUT2D eigenvalue weighted by molar-refractivity contribution is 6.05. The fraction of sp³-hybridized carbons (Fsp3) is 0.600. The molecule has 2 aromatic rings.